The topological polar surface area (TPSA) is 86.8 Å². The van der Waals surface area contributed by atoms with E-state index in [2.05, 4.69) is 5.32 Å². The van der Waals surface area contributed by atoms with E-state index in [0.717, 1.165) is 5.56 Å². The summed E-state index contributed by atoms with van der Waals surface area (Å²) in [6.45, 7) is 4.41. The minimum Gasteiger partial charge on any atom is -0.355 e. The molecule has 0 fully saturated rings. The first-order valence-corrected chi connectivity index (χ1v) is 12.0. The van der Waals surface area contributed by atoms with Crippen molar-refractivity contribution in [2.75, 3.05) is 13.1 Å². The maximum Gasteiger partial charge on any atom is 0.261 e. The van der Waals surface area contributed by atoms with Crippen molar-refractivity contribution in [3.63, 3.8) is 0 Å². The molecule has 1 heterocycles. The first-order valence-electron chi connectivity index (χ1n) is 11.2. The van der Waals surface area contributed by atoms with Crippen LogP contribution in [-0.2, 0) is 16.1 Å². The van der Waals surface area contributed by atoms with Crippen molar-refractivity contribution < 1.29 is 19.2 Å². The third-order valence-electron chi connectivity index (χ3n) is 5.72. The number of hydrogen-bond donors (Lipinski definition) is 1. The fraction of sp³-hybridized carbons (Fsp3) is 0.360. The SMILES string of the molecule is CCNC(=O)[C@@H](CC)N(Cc1ccc(Cl)c(Cl)c1)C(=O)CCCN1C(=O)c2ccccc2C1=O. The molecule has 2 aromatic carbocycles. The molecule has 1 aliphatic heterocycles. The third-order valence-corrected chi connectivity index (χ3v) is 6.46. The maximum absolute atomic E-state index is 13.3. The van der Waals surface area contributed by atoms with Crippen LogP contribution in [0.3, 0.4) is 0 Å². The van der Waals surface area contributed by atoms with Crippen LogP contribution in [0.2, 0.25) is 10.0 Å². The second-order valence-electron chi connectivity index (χ2n) is 8.00. The number of halogens is 2. The summed E-state index contributed by atoms with van der Waals surface area (Å²) in [5.74, 6) is -1.19. The summed E-state index contributed by atoms with van der Waals surface area (Å²) in [5.41, 5.74) is 1.50. The molecule has 2 aromatic rings. The van der Waals surface area contributed by atoms with Gasteiger partial charge >= 0.3 is 0 Å². The molecule has 4 amide bonds. The number of imide groups is 1. The summed E-state index contributed by atoms with van der Waals surface area (Å²) in [6.07, 6.45) is 0.788. The highest BCUT2D eigenvalue weighted by Crippen LogP contribution is 2.25. The van der Waals surface area contributed by atoms with Crippen LogP contribution in [0.4, 0.5) is 0 Å². The number of amides is 4. The van der Waals surface area contributed by atoms with E-state index in [1.807, 2.05) is 13.8 Å². The van der Waals surface area contributed by atoms with Gasteiger partial charge in [0.05, 0.1) is 21.2 Å². The largest absolute Gasteiger partial charge is 0.355 e. The number of benzene rings is 2. The zero-order chi connectivity index (χ0) is 24.8. The molecule has 0 spiro atoms. The Hall–Kier alpha value is -2.90. The van der Waals surface area contributed by atoms with Crippen LogP contribution < -0.4 is 5.32 Å². The van der Waals surface area contributed by atoms with E-state index in [4.69, 9.17) is 23.2 Å². The van der Waals surface area contributed by atoms with Crippen LogP contribution >= 0.6 is 23.2 Å². The van der Waals surface area contributed by atoms with Gasteiger partial charge in [0.2, 0.25) is 11.8 Å². The zero-order valence-electron chi connectivity index (χ0n) is 19.1. The molecule has 0 radical (unpaired) electrons. The van der Waals surface area contributed by atoms with Crippen LogP contribution in [0, 0.1) is 0 Å². The molecule has 0 aliphatic carbocycles. The summed E-state index contributed by atoms with van der Waals surface area (Å²) < 4.78 is 0. The van der Waals surface area contributed by atoms with E-state index < -0.39 is 6.04 Å². The molecule has 34 heavy (non-hydrogen) atoms. The van der Waals surface area contributed by atoms with Crippen molar-refractivity contribution in [2.24, 2.45) is 0 Å². The molecule has 180 valence electrons. The molecule has 0 aromatic heterocycles. The number of nitrogens with one attached hydrogen (secondary N) is 1. The third kappa shape index (κ3) is 5.59. The van der Waals surface area contributed by atoms with E-state index in [9.17, 15) is 19.2 Å². The van der Waals surface area contributed by atoms with E-state index in [0.29, 0.717) is 34.1 Å². The maximum atomic E-state index is 13.3. The van der Waals surface area contributed by atoms with Crippen molar-refractivity contribution in [3.8, 4) is 0 Å². The van der Waals surface area contributed by atoms with Crippen molar-refractivity contribution in [1.29, 1.82) is 0 Å². The minimum atomic E-state index is -0.666. The minimum absolute atomic E-state index is 0.0740. The molecule has 7 nitrogen and oxygen atoms in total. The monoisotopic (exact) mass is 503 g/mol. The average Bonchev–Trinajstić information content (AvgIpc) is 3.06. The second kappa shape index (κ2) is 11.5. The van der Waals surface area contributed by atoms with Crippen LogP contribution in [0.25, 0.3) is 0 Å². The standard InChI is InChI=1S/C25H27Cl2N3O4/c1-3-21(23(32)28-4-2)30(15-16-11-12-19(26)20(27)14-16)22(31)10-7-13-29-24(33)17-8-5-6-9-18(17)25(29)34/h5-6,8-9,11-12,14,21H,3-4,7,10,13,15H2,1-2H3,(H,28,32)/t21-/m1/s1. The molecule has 1 aliphatic rings. The van der Waals surface area contributed by atoms with Gasteiger partial charge in [-0.15, -0.1) is 0 Å². The molecular formula is C25H27Cl2N3O4. The van der Waals surface area contributed by atoms with Gasteiger partial charge in [0.15, 0.2) is 0 Å². The first-order chi connectivity index (χ1) is 16.3. The lowest BCUT2D eigenvalue weighted by atomic mass is 10.1. The highest BCUT2D eigenvalue weighted by Gasteiger charge is 2.35. The summed E-state index contributed by atoms with van der Waals surface area (Å²) in [7, 11) is 0. The van der Waals surface area contributed by atoms with Crippen LogP contribution in [0.5, 0.6) is 0 Å². The normalized spacial score (nSPS) is 13.6. The molecule has 0 saturated carbocycles. The molecule has 9 heteroatoms. The molecular weight excluding hydrogens is 477 g/mol. The Bertz CT molecular complexity index is 1070. The molecule has 3 rings (SSSR count). The quantitative estimate of drug-likeness (QED) is 0.489. The molecule has 0 unspecified atom stereocenters. The fourth-order valence-electron chi connectivity index (χ4n) is 4.02. The Morgan fingerprint density at radius 3 is 2.21 bits per heavy atom. The molecule has 1 N–H and O–H groups in total. The zero-order valence-corrected chi connectivity index (χ0v) is 20.7. The van der Waals surface area contributed by atoms with E-state index in [1.54, 1.807) is 42.5 Å². The number of hydrogen-bond acceptors (Lipinski definition) is 4. The number of nitrogens with zero attached hydrogens (tertiary/aromatic N) is 2. The van der Waals surface area contributed by atoms with E-state index >= 15 is 0 Å². The Balaban J connectivity index is 1.71. The predicted molar refractivity (Wildman–Crippen MR) is 131 cm³/mol. The Kier molecular flexibility index (Phi) is 8.69. The fourth-order valence-corrected chi connectivity index (χ4v) is 4.34. The summed E-state index contributed by atoms with van der Waals surface area (Å²) in [4.78, 5) is 53.8. The number of fused-ring (bicyclic) bond motifs is 1. The van der Waals surface area contributed by atoms with Gasteiger partial charge in [-0.3, -0.25) is 24.1 Å². The molecule has 0 saturated heterocycles. The highest BCUT2D eigenvalue weighted by atomic mass is 35.5. The smallest absolute Gasteiger partial charge is 0.261 e. The number of carbonyl (C=O) groups is 4. The average molecular weight is 504 g/mol. The Morgan fingerprint density at radius 2 is 1.65 bits per heavy atom. The van der Waals surface area contributed by atoms with Crippen molar-refractivity contribution >= 4 is 46.8 Å². The van der Waals surface area contributed by atoms with Crippen molar-refractivity contribution in [1.82, 2.24) is 15.1 Å². The van der Waals surface area contributed by atoms with Crippen LogP contribution in [0.1, 0.15) is 59.4 Å². The number of likely N-dealkylation sites (N-methyl/N-ethyl adjacent to an activating group) is 1. The summed E-state index contributed by atoms with van der Waals surface area (Å²) in [6, 6.07) is 11.1. The van der Waals surface area contributed by atoms with Crippen molar-refractivity contribution in [2.45, 2.75) is 45.7 Å². The van der Waals surface area contributed by atoms with Gasteiger partial charge in [-0.05, 0) is 49.6 Å². The predicted octanol–water partition coefficient (Wildman–Crippen LogP) is 4.31. The van der Waals surface area contributed by atoms with Crippen LogP contribution in [0.15, 0.2) is 42.5 Å². The van der Waals surface area contributed by atoms with Crippen LogP contribution in [-0.4, -0.2) is 52.6 Å². The van der Waals surface area contributed by atoms with Crippen molar-refractivity contribution in [3.05, 3.63) is 69.2 Å². The van der Waals surface area contributed by atoms with E-state index in [-0.39, 0.29) is 49.6 Å². The number of rotatable bonds is 10. The van der Waals surface area contributed by atoms with Gasteiger partial charge in [0.1, 0.15) is 6.04 Å². The first kappa shape index (κ1) is 25.7. The Labute approximate surface area is 209 Å². The van der Waals surface area contributed by atoms with Gasteiger partial charge in [-0.1, -0.05) is 48.3 Å². The van der Waals surface area contributed by atoms with Gasteiger partial charge in [-0.25, -0.2) is 0 Å². The summed E-state index contributed by atoms with van der Waals surface area (Å²) >= 11 is 12.2. The lowest BCUT2D eigenvalue weighted by molar-refractivity contribution is -0.141. The van der Waals surface area contributed by atoms with Gasteiger partial charge in [0, 0.05) is 26.1 Å². The number of carbonyl (C=O) groups excluding carboxylic acids is 4. The second-order valence-corrected chi connectivity index (χ2v) is 8.81. The van der Waals surface area contributed by atoms with Gasteiger partial charge in [-0.2, -0.15) is 0 Å². The molecule has 0 bridgehead atoms. The van der Waals surface area contributed by atoms with Gasteiger partial charge in [0.25, 0.3) is 11.8 Å². The molecule has 1 atom stereocenters. The Morgan fingerprint density at radius 1 is 1.00 bits per heavy atom. The highest BCUT2D eigenvalue weighted by molar-refractivity contribution is 6.42. The lowest BCUT2D eigenvalue weighted by Gasteiger charge is -2.31. The lowest BCUT2D eigenvalue weighted by Crippen LogP contribution is -2.49. The van der Waals surface area contributed by atoms with E-state index in [1.165, 1.54) is 9.80 Å². The summed E-state index contributed by atoms with van der Waals surface area (Å²) in [5, 5.41) is 3.55. The van der Waals surface area contributed by atoms with Gasteiger partial charge < -0.3 is 10.2 Å².